The summed E-state index contributed by atoms with van der Waals surface area (Å²) >= 11 is 5.45. The molecule has 0 radical (unpaired) electrons. The monoisotopic (exact) mass is 329 g/mol. The van der Waals surface area contributed by atoms with Crippen LogP contribution in [0.2, 0.25) is 0 Å². The molecule has 7 heteroatoms. The molecule has 0 aromatic carbocycles. The molecule has 0 spiro atoms. The highest BCUT2D eigenvalue weighted by atomic mass is 35.5. The summed E-state index contributed by atoms with van der Waals surface area (Å²) in [6, 6.07) is -1.03. The number of imide groups is 1. The lowest BCUT2D eigenvalue weighted by Crippen LogP contribution is -2.46. The van der Waals surface area contributed by atoms with Crippen molar-refractivity contribution in [3.05, 3.63) is 0 Å². The van der Waals surface area contributed by atoms with Gasteiger partial charge in [0.2, 0.25) is 11.8 Å². The molecule has 2 amide bonds. The predicted molar refractivity (Wildman–Crippen MR) is 78.1 cm³/mol. The first-order valence-corrected chi connectivity index (χ1v) is 8.07. The van der Waals surface area contributed by atoms with Gasteiger partial charge in [0, 0.05) is 6.42 Å². The van der Waals surface area contributed by atoms with Gasteiger partial charge in [0.05, 0.1) is 24.8 Å². The van der Waals surface area contributed by atoms with Crippen molar-refractivity contribution in [1.29, 1.82) is 0 Å². The standard InChI is InChI=1S/C15H20ClNO5/c1-22-15(21)12(7-6-9(18)8-16)17-13(19)10-4-2-3-5-11(10)14(17)20/h10-12H,2-8H2,1H3/t10-,11-,12+/m0/s1. The Morgan fingerprint density at radius 3 is 2.23 bits per heavy atom. The second-order valence-electron chi connectivity index (χ2n) is 5.79. The zero-order valence-electron chi connectivity index (χ0n) is 12.5. The Morgan fingerprint density at radius 2 is 1.77 bits per heavy atom. The van der Waals surface area contributed by atoms with Crippen molar-refractivity contribution in [2.24, 2.45) is 11.8 Å². The first-order valence-electron chi connectivity index (χ1n) is 7.53. The van der Waals surface area contributed by atoms with Gasteiger partial charge < -0.3 is 4.74 Å². The number of likely N-dealkylation sites (tertiary alicyclic amines) is 1. The van der Waals surface area contributed by atoms with Gasteiger partial charge in [0.25, 0.3) is 0 Å². The number of nitrogens with zero attached hydrogens (tertiary/aromatic N) is 1. The van der Waals surface area contributed by atoms with Gasteiger partial charge in [0.15, 0.2) is 0 Å². The number of esters is 1. The van der Waals surface area contributed by atoms with Crippen molar-refractivity contribution >= 4 is 35.2 Å². The second-order valence-corrected chi connectivity index (χ2v) is 6.06. The summed E-state index contributed by atoms with van der Waals surface area (Å²) in [5, 5.41) is 0. The number of hydrogen-bond acceptors (Lipinski definition) is 5. The van der Waals surface area contributed by atoms with Crippen LogP contribution in [-0.4, -0.2) is 47.5 Å². The highest BCUT2D eigenvalue weighted by Gasteiger charge is 2.52. The molecule has 0 aromatic heterocycles. The molecule has 0 aromatic rings. The number of ether oxygens (including phenoxy) is 1. The lowest BCUT2D eigenvalue weighted by Gasteiger charge is -2.24. The normalized spacial score (nSPS) is 25.8. The summed E-state index contributed by atoms with van der Waals surface area (Å²) in [5.74, 6) is -2.29. The van der Waals surface area contributed by atoms with Crippen LogP contribution in [0.15, 0.2) is 0 Å². The minimum Gasteiger partial charge on any atom is -0.467 e. The lowest BCUT2D eigenvalue weighted by molar-refractivity contribution is -0.157. The fourth-order valence-corrected chi connectivity index (χ4v) is 3.48. The maximum absolute atomic E-state index is 12.5. The van der Waals surface area contributed by atoms with Crippen LogP contribution in [0, 0.1) is 11.8 Å². The van der Waals surface area contributed by atoms with Crippen LogP contribution in [0.4, 0.5) is 0 Å². The lowest BCUT2D eigenvalue weighted by atomic mass is 9.81. The summed E-state index contributed by atoms with van der Waals surface area (Å²) in [5.41, 5.74) is 0. The molecular weight excluding hydrogens is 310 g/mol. The highest BCUT2D eigenvalue weighted by Crippen LogP contribution is 2.39. The number of halogens is 1. The third-order valence-electron chi connectivity index (χ3n) is 4.51. The van der Waals surface area contributed by atoms with E-state index in [2.05, 4.69) is 0 Å². The Morgan fingerprint density at radius 1 is 1.23 bits per heavy atom. The van der Waals surface area contributed by atoms with Crippen molar-refractivity contribution in [3.8, 4) is 0 Å². The van der Waals surface area contributed by atoms with E-state index in [9.17, 15) is 19.2 Å². The number of hydrogen-bond donors (Lipinski definition) is 0. The van der Waals surface area contributed by atoms with Gasteiger partial charge in [-0.1, -0.05) is 12.8 Å². The molecule has 122 valence electrons. The third kappa shape index (κ3) is 3.16. The van der Waals surface area contributed by atoms with Gasteiger partial charge >= 0.3 is 5.97 Å². The topological polar surface area (TPSA) is 80.8 Å². The van der Waals surface area contributed by atoms with Crippen LogP contribution < -0.4 is 0 Å². The van der Waals surface area contributed by atoms with Crippen LogP contribution >= 0.6 is 11.6 Å². The van der Waals surface area contributed by atoms with Gasteiger partial charge in [-0.2, -0.15) is 0 Å². The number of carbonyl (C=O) groups excluding carboxylic acids is 4. The van der Waals surface area contributed by atoms with Crippen LogP contribution in [0.3, 0.4) is 0 Å². The van der Waals surface area contributed by atoms with Crippen LogP contribution in [0.5, 0.6) is 0 Å². The Hall–Kier alpha value is -1.43. The van der Waals surface area contributed by atoms with Gasteiger partial charge in [-0.25, -0.2) is 4.79 Å². The number of Topliss-reactive ketones (excluding diaryl/α,β-unsaturated/α-hetero) is 1. The summed E-state index contributed by atoms with van der Waals surface area (Å²) in [4.78, 5) is 49.4. The van der Waals surface area contributed by atoms with E-state index in [1.807, 2.05) is 0 Å². The zero-order valence-corrected chi connectivity index (χ0v) is 13.3. The maximum Gasteiger partial charge on any atom is 0.329 e. The molecule has 1 aliphatic carbocycles. The van der Waals surface area contributed by atoms with Crippen LogP contribution in [0.25, 0.3) is 0 Å². The molecule has 1 heterocycles. The molecule has 22 heavy (non-hydrogen) atoms. The van der Waals surface area contributed by atoms with Crippen molar-refractivity contribution in [2.75, 3.05) is 13.0 Å². The number of ketones is 1. The minimum absolute atomic E-state index is 0.0374. The first-order chi connectivity index (χ1) is 10.5. The molecule has 2 fully saturated rings. The van der Waals surface area contributed by atoms with E-state index >= 15 is 0 Å². The molecule has 2 rings (SSSR count). The van der Waals surface area contributed by atoms with Crippen molar-refractivity contribution in [2.45, 2.75) is 44.6 Å². The van der Waals surface area contributed by atoms with Crippen LogP contribution in [0.1, 0.15) is 38.5 Å². The predicted octanol–water partition coefficient (Wildman–Crippen LogP) is 1.29. The van der Waals surface area contributed by atoms with Crippen LogP contribution in [-0.2, 0) is 23.9 Å². The number of rotatable bonds is 6. The van der Waals surface area contributed by atoms with E-state index in [0.717, 1.165) is 17.7 Å². The Balaban J connectivity index is 2.19. The van der Waals surface area contributed by atoms with E-state index in [4.69, 9.17) is 16.3 Å². The average Bonchev–Trinajstić information content (AvgIpc) is 2.79. The van der Waals surface area contributed by atoms with Gasteiger partial charge in [-0.15, -0.1) is 11.6 Å². The Bertz CT molecular complexity index is 468. The van der Waals surface area contributed by atoms with E-state index < -0.39 is 12.0 Å². The molecule has 1 saturated carbocycles. The van der Waals surface area contributed by atoms with E-state index in [1.165, 1.54) is 7.11 Å². The highest BCUT2D eigenvalue weighted by molar-refractivity contribution is 6.27. The average molecular weight is 330 g/mol. The molecule has 0 bridgehead atoms. The minimum atomic E-state index is -1.03. The van der Waals surface area contributed by atoms with Crippen molar-refractivity contribution in [1.82, 2.24) is 4.90 Å². The van der Waals surface area contributed by atoms with Gasteiger partial charge in [-0.3, -0.25) is 19.3 Å². The molecule has 1 aliphatic heterocycles. The summed E-state index contributed by atoms with van der Waals surface area (Å²) in [6.45, 7) is 0. The van der Waals surface area contributed by atoms with Crippen molar-refractivity contribution < 1.29 is 23.9 Å². The van der Waals surface area contributed by atoms with Gasteiger partial charge in [0.1, 0.15) is 11.8 Å². The largest absolute Gasteiger partial charge is 0.467 e. The molecular formula is C15H20ClNO5. The molecule has 2 aliphatic rings. The molecule has 0 N–H and O–H groups in total. The third-order valence-corrected chi connectivity index (χ3v) is 4.80. The quantitative estimate of drug-likeness (QED) is 0.417. The number of alkyl halides is 1. The summed E-state index contributed by atoms with van der Waals surface area (Å²) in [6.07, 6.45) is 3.30. The Labute approximate surface area is 134 Å². The van der Waals surface area contributed by atoms with E-state index in [0.29, 0.717) is 12.8 Å². The number of amides is 2. The summed E-state index contributed by atoms with van der Waals surface area (Å²) in [7, 11) is 1.21. The SMILES string of the molecule is COC(=O)[C@@H](CCC(=O)CCl)N1C(=O)[C@H]2CCCC[C@@H]2C1=O. The van der Waals surface area contributed by atoms with Crippen molar-refractivity contribution in [3.63, 3.8) is 0 Å². The second kappa shape index (κ2) is 7.22. The fraction of sp³-hybridized carbons (Fsp3) is 0.733. The molecule has 0 unspecified atom stereocenters. The molecule has 6 nitrogen and oxygen atoms in total. The Kier molecular flexibility index (Phi) is 5.56. The van der Waals surface area contributed by atoms with E-state index in [1.54, 1.807) is 0 Å². The smallest absolute Gasteiger partial charge is 0.329 e. The summed E-state index contributed by atoms with van der Waals surface area (Å²) < 4.78 is 4.71. The van der Waals surface area contributed by atoms with Gasteiger partial charge in [-0.05, 0) is 19.3 Å². The number of carbonyl (C=O) groups is 4. The first kappa shape index (κ1) is 16.9. The zero-order chi connectivity index (χ0) is 16.3. The fourth-order valence-electron chi connectivity index (χ4n) is 3.35. The number of methoxy groups -OCH3 is 1. The molecule has 3 atom stereocenters. The number of fused-ring (bicyclic) bond motifs is 1. The van der Waals surface area contributed by atoms with E-state index in [-0.39, 0.29) is 48.2 Å². The molecule has 1 saturated heterocycles. The maximum atomic E-state index is 12.5.